The Morgan fingerprint density at radius 3 is 2.19 bits per heavy atom. The molecule has 0 aliphatic carbocycles. The second kappa shape index (κ2) is 8.09. The third-order valence-corrected chi connectivity index (χ3v) is 6.72. The lowest BCUT2D eigenvalue weighted by atomic mass is 9.79. The Kier molecular flexibility index (Phi) is 6.36. The third-order valence-electron chi connectivity index (χ3n) is 5.84. The summed E-state index contributed by atoms with van der Waals surface area (Å²) in [4.78, 5) is 4.73. The zero-order valence-electron chi connectivity index (χ0n) is 16.8. The summed E-state index contributed by atoms with van der Waals surface area (Å²) in [5, 5.41) is 0.828. The molecule has 2 saturated heterocycles. The number of likely N-dealkylation sites (N-methyl/N-ethyl adjacent to an activating group) is 1. The molecule has 8 heteroatoms. The van der Waals surface area contributed by atoms with Crippen molar-refractivity contribution in [3.63, 3.8) is 0 Å². The van der Waals surface area contributed by atoms with Gasteiger partial charge in [0.25, 0.3) is 0 Å². The van der Waals surface area contributed by atoms with E-state index in [-0.39, 0.29) is 0 Å². The van der Waals surface area contributed by atoms with Crippen LogP contribution in [0.3, 0.4) is 0 Å². The van der Waals surface area contributed by atoms with Gasteiger partial charge in [-0.3, -0.25) is 4.90 Å². The number of benzene rings is 1. The first-order valence-electron chi connectivity index (χ1n) is 9.48. The Bertz CT molecular complexity index is 663. The molecule has 5 nitrogen and oxygen atoms in total. The van der Waals surface area contributed by atoms with Crippen LogP contribution in [0.1, 0.15) is 27.7 Å². The lowest BCUT2D eigenvalue weighted by molar-refractivity contribution is 0.00578. The third kappa shape index (κ3) is 4.57. The van der Waals surface area contributed by atoms with Gasteiger partial charge in [0.1, 0.15) is 17.4 Å². The maximum absolute atomic E-state index is 6.52. The van der Waals surface area contributed by atoms with Crippen LogP contribution in [-0.4, -0.2) is 74.5 Å². The van der Waals surface area contributed by atoms with Gasteiger partial charge in [-0.05, 0) is 40.8 Å². The summed E-state index contributed by atoms with van der Waals surface area (Å²) in [5.41, 5.74) is -0.122. The fraction of sp³-hybridized carbons (Fsp3) is 0.684. The van der Waals surface area contributed by atoms with Crippen molar-refractivity contribution in [2.24, 2.45) is 0 Å². The van der Waals surface area contributed by atoms with Crippen molar-refractivity contribution in [1.29, 1.82) is 0 Å². The first-order valence-corrected chi connectivity index (χ1v) is 10.2. The summed E-state index contributed by atoms with van der Waals surface area (Å²) in [6.45, 7) is 13.8. The SMILES string of the molecule is CN1CCN(CCOc2ccc(B3OC(C)(C)C(C)(C)O3)c(Cl)c2Cl)CC1. The molecular weight excluding hydrogens is 386 g/mol. The second-order valence-corrected chi connectivity index (χ2v) is 9.12. The van der Waals surface area contributed by atoms with Crippen LogP contribution < -0.4 is 10.2 Å². The molecule has 1 aromatic carbocycles. The zero-order valence-corrected chi connectivity index (χ0v) is 18.4. The van der Waals surface area contributed by atoms with Crippen LogP contribution in [0.25, 0.3) is 0 Å². The van der Waals surface area contributed by atoms with Crippen LogP contribution >= 0.6 is 23.2 Å². The van der Waals surface area contributed by atoms with E-state index < -0.39 is 18.3 Å². The predicted molar refractivity (Wildman–Crippen MR) is 112 cm³/mol. The highest BCUT2D eigenvalue weighted by Crippen LogP contribution is 2.38. The molecule has 27 heavy (non-hydrogen) atoms. The molecule has 1 aromatic rings. The van der Waals surface area contributed by atoms with Gasteiger partial charge in [-0.25, -0.2) is 0 Å². The van der Waals surface area contributed by atoms with Gasteiger partial charge < -0.3 is 18.9 Å². The predicted octanol–water partition coefficient (Wildman–Crippen LogP) is 2.92. The van der Waals surface area contributed by atoms with Crippen molar-refractivity contribution in [2.75, 3.05) is 46.4 Å². The Labute approximate surface area is 173 Å². The quantitative estimate of drug-likeness (QED) is 0.692. The second-order valence-electron chi connectivity index (χ2n) is 8.36. The summed E-state index contributed by atoms with van der Waals surface area (Å²) in [5.74, 6) is 0.594. The summed E-state index contributed by atoms with van der Waals surface area (Å²) in [6, 6.07) is 3.72. The Hall–Kier alpha value is -0.495. The summed E-state index contributed by atoms with van der Waals surface area (Å²) in [6.07, 6.45) is 0. The Balaban J connectivity index is 1.62. The van der Waals surface area contributed by atoms with Gasteiger partial charge in [0.2, 0.25) is 0 Å². The van der Waals surface area contributed by atoms with Gasteiger partial charge in [0, 0.05) is 38.2 Å². The summed E-state index contributed by atoms with van der Waals surface area (Å²) < 4.78 is 18.0. The van der Waals surface area contributed by atoms with Crippen LogP contribution in [0.5, 0.6) is 5.75 Å². The van der Waals surface area contributed by atoms with Crippen LogP contribution in [0, 0.1) is 0 Å². The highest BCUT2D eigenvalue weighted by atomic mass is 35.5. The summed E-state index contributed by atoms with van der Waals surface area (Å²) in [7, 11) is 1.61. The first-order chi connectivity index (χ1) is 12.6. The standard InChI is InChI=1S/C19H29BCl2N2O3/c1-18(2)19(3,4)27-20(26-18)14-6-7-15(17(22)16(14)21)25-13-12-24-10-8-23(5)9-11-24/h6-7H,8-13H2,1-5H3. The minimum absolute atomic E-state index is 0.405. The molecule has 0 spiro atoms. The lowest BCUT2D eigenvalue weighted by Crippen LogP contribution is -2.45. The minimum atomic E-state index is -0.542. The van der Waals surface area contributed by atoms with E-state index in [2.05, 4.69) is 16.8 Å². The molecule has 0 N–H and O–H groups in total. The molecule has 0 saturated carbocycles. The highest BCUT2D eigenvalue weighted by molar-refractivity contribution is 6.66. The number of hydrogen-bond donors (Lipinski definition) is 0. The molecule has 0 atom stereocenters. The highest BCUT2D eigenvalue weighted by Gasteiger charge is 2.52. The molecule has 150 valence electrons. The molecule has 0 unspecified atom stereocenters. The number of nitrogens with zero attached hydrogens (tertiary/aromatic N) is 2. The van der Waals surface area contributed by atoms with Gasteiger partial charge in [-0.2, -0.15) is 0 Å². The van der Waals surface area contributed by atoms with Crippen LogP contribution in [-0.2, 0) is 9.31 Å². The van der Waals surface area contributed by atoms with Crippen LogP contribution in [0.4, 0.5) is 0 Å². The minimum Gasteiger partial charge on any atom is -0.491 e. The fourth-order valence-corrected chi connectivity index (χ4v) is 3.64. The fourth-order valence-electron chi connectivity index (χ4n) is 3.17. The van der Waals surface area contributed by atoms with E-state index in [4.69, 9.17) is 37.2 Å². The van der Waals surface area contributed by atoms with E-state index in [0.717, 1.165) is 38.2 Å². The van der Waals surface area contributed by atoms with Crippen LogP contribution in [0.15, 0.2) is 12.1 Å². The number of piperazine rings is 1. The van der Waals surface area contributed by atoms with Gasteiger partial charge >= 0.3 is 7.12 Å². The number of hydrogen-bond acceptors (Lipinski definition) is 5. The molecule has 0 bridgehead atoms. The van der Waals surface area contributed by atoms with E-state index >= 15 is 0 Å². The van der Waals surface area contributed by atoms with Gasteiger partial charge in [-0.15, -0.1) is 0 Å². The largest absolute Gasteiger partial charge is 0.496 e. The maximum atomic E-state index is 6.52. The molecule has 2 aliphatic heterocycles. The zero-order chi connectivity index (χ0) is 19.8. The van der Waals surface area contributed by atoms with Crippen molar-refractivity contribution >= 4 is 35.8 Å². The maximum Gasteiger partial charge on any atom is 0.496 e. The number of halogens is 2. The van der Waals surface area contributed by atoms with Crippen LogP contribution in [0.2, 0.25) is 10.0 Å². The van der Waals surface area contributed by atoms with E-state index in [1.54, 1.807) is 0 Å². The smallest absolute Gasteiger partial charge is 0.491 e. The first kappa shape index (κ1) is 21.2. The lowest BCUT2D eigenvalue weighted by Gasteiger charge is -2.32. The van der Waals surface area contributed by atoms with Gasteiger partial charge in [0.15, 0.2) is 0 Å². The van der Waals surface area contributed by atoms with E-state index in [0.29, 0.717) is 22.4 Å². The van der Waals surface area contributed by atoms with Crippen molar-refractivity contribution in [3.8, 4) is 5.75 Å². The monoisotopic (exact) mass is 414 g/mol. The van der Waals surface area contributed by atoms with Crippen molar-refractivity contribution < 1.29 is 14.0 Å². The Morgan fingerprint density at radius 1 is 1.00 bits per heavy atom. The number of ether oxygens (including phenoxy) is 1. The normalized spacial score (nSPS) is 23.0. The molecule has 3 rings (SSSR count). The van der Waals surface area contributed by atoms with Gasteiger partial charge in [0.05, 0.1) is 16.2 Å². The van der Waals surface area contributed by atoms with E-state index in [1.807, 2.05) is 39.8 Å². The van der Waals surface area contributed by atoms with Gasteiger partial charge in [-0.1, -0.05) is 29.3 Å². The average Bonchev–Trinajstić information content (AvgIpc) is 2.81. The molecule has 0 radical (unpaired) electrons. The molecule has 0 amide bonds. The van der Waals surface area contributed by atoms with Crippen molar-refractivity contribution in [2.45, 2.75) is 38.9 Å². The molecule has 0 aromatic heterocycles. The molecule has 2 heterocycles. The van der Waals surface area contributed by atoms with Crippen molar-refractivity contribution in [1.82, 2.24) is 9.80 Å². The topological polar surface area (TPSA) is 34.2 Å². The summed E-state index contributed by atoms with van der Waals surface area (Å²) >= 11 is 13.0. The number of rotatable bonds is 5. The Morgan fingerprint density at radius 2 is 1.59 bits per heavy atom. The van der Waals surface area contributed by atoms with E-state index in [9.17, 15) is 0 Å². The molecule has 2 aliphatic rings. The molecular formula is C19H29BCl2N2O3. The average molecular weight is 415 g/mol. The molecule has 2 fully saturated rings. The van der Waals surface area contributed by atoms with Crippen molar-refractivity contribution in [3.05, 3.63) is 22.2 Å². The van der Waals surface area contributed by atoms with E-state index in [1.165, 1.54) is 0 Å².